The van der Waals surface area contributed by atoms with Crippen molar-refractivity contribution >= 4 is 11.7 Å². The topological polar surface area (TPSA) is 37.4 Å². The van der Waals surface area contributed by atoms with Crippen LogP contribution in [0.15, 0.2) is 0 Å². The molecule has 0 atom stereocenters. The normalized spacial score (nSPS) is 17.9. The van der Waals surface area contributed by atoms with Crippen molar-refractivity contribution in [3.63, 3.8) is 0 Å². The van der Waals surface area contributed by atoms with Crippen LogP contribution in [0.25, 0.3) is 0 Å². The summed E-state index contributed by atoms with van der Waals surface area (Å²) in [6.07, 6.45) is 4.42. The fourth-order valence-corrected chi connectivity index (χ4v) is 2.02. The Bertz CT molecular complexity index is 230. The number of ketones is 1. The number of amides is 1. The molecule has 15 heavy (non-hydrogen) atoms. The molecule has 0 aromatic carbocycles. The first-order valence-corrected chi connectivity index (χ1v) is 5.93. The van der Waals surface area contributed by atoms with E-state index in [1.807, 2.05) is 4.90 Å². The van der Waals surface area contributed by atoms with Crippen LogP contribution >= 0.6 is 0 Å². The lowest BCUT2D eigenvalue weighted by Gasteiger charge is -2.30. The Morgan fingerprint density at radius 3 is 2.33 bits per heavy atom. The molecule has 1 aliphatic heterocycles. The number of piperidine rings is 1. The average molecular weight is 211 g/mol. The monoisotopic (exact) mass is 211 g/mol. The molecule has 1 amide bonds. The molecule has 1 saturated heterocycles. The van der Waals surface area contributed by atoms with E-state index in [0.717, 1.165) is 38.8 Å². The number of Topliss-reactive ketones (excluding diaryl/α,β-unsaturated/α-hetero) is 1. The average Bonchev–Trinajstić information content (AvgIpc) is 2.26. The molecule has 0 radical (unpaired) electrons. The van der Waals surface area contributed by atoms with Gasteiger partial charge in [0, 0.05) is 25.4 Å². The smallest absolute Gasteiger partial charge is 0.222 e. The van der Waals surface area contributed by atoms with Gasteiger partial charge in [0.05, 0.1) is 0 Å². The number of hydrogen-bond donors (Lipinski definition) is 0. The molecule has 0 bridgehead atoms. The van der Waals surface area contributed by atoms with Gasteiger partial charge in [0.2, 0.25) is 5.91 Å². The van der Waals surface area contributed by atoms with E-state index in [0.29, 0.717) is 6.42 Å². The number of likely N-dealkylation sites (tertiary alicyclic amines) is 1. The number of nitrogens with zero attached hydrogens (tertiary/aromatic N) is 1. The third-order valence-corrected chi connectivity index (χ3v) is 3.17. The Balaban J connectivity index is 2.30. The van der Waals surface area contributed by atoms with Crippen molar-refractivity contribution in [2.24, 2.45) is 5.92 Å². The fourth-order valence-electron chi connectivity index (χ4n) is 2.02. The van der Waals surface area contributed by atoms with E-state index >= 15 is 0 Å². The van der Waals surface area contributed by atoms with Crippen molar-refractivity contribution in [2.75, 3.05) is 13.1 Å². The summed E-state index contributed by atoms with van der Waals surface area (Å²) in [5.74, 6) is 0.731. The van der Waals surface area contributed by atoms with Crippen LogP contribution in [0, 0.1) is 5.92 Å². The van der Waals surface area contributed by atoms with Gasteiger partial charge in [0.1, 0.15) is 5.78 Å². The van der Waals surface area contributed by atoms with Gasteiger partial charge < -0.3 is 4.90 Å². The molecule has 0 spiro atoms. The standard InChI is InChI=1S/C12H21NO2/c1-3-4-5-12(15)13-8-6-11(7-9-13)10(2)14/h11H,3-9H2,1-2H3. The van der Waals surface area contributed by atoms with E-state index in [-0.39, 0.29) is 17.6 Å². The Hall–Kier alpha value is -0.860. The first-order valence-electron chi connectivity index (χ1n) is 5.93. The molecule has 0 aromatic heterocycles. The minimum Gasteiger partial charge on any atom is -0.343 e. The van der Waals surface area contributed by atoms with Gasteiger partial charge in [-0.3, -0.25) is 9.59 Å². The summed E-state index contributed by atoms with van der Waals surface area (Å²) < 4.78 is 0. The van der Waals surface area contributed by atoms with Crippen molar-refractivity contribution in [1.29, 1.82) is 0 Å². The molecule has 1 aliphatic rings. The van der Waals surface area contributed by atoms with Crippen molar-refractivity contribution in [3.05, 3.63) is 0 Å². The van der Waals surface area contributed by atoms with E-state index in [2.05, 4.69) is 6.92 Å². The van der Waals surface area contributed by atoms with Gasteiger partial charge in [0.25, 0.3) is 0 Å². The minimum atomic E-state index is 0.195. The van der Waals surface area contributed by atoms with E-state index in [9.17, 15) is 9.59 Å². The second kappa shape index (κ2) is 5.89. The summed E-state index contributed by atoms with van der Waals surface area (Å²) in [5.41, 5.74) is 0. The maximum absolute atomic E-state index is 11.7. The summed E-state index contributed by atoms with van der Waals surface area (Å²) >= 11 is 0. The molecule has 0 unspecified atom stereocenters. The predicted octanol–water partition coefficient (Wildman–Crippen LogP) is 2.00. The molecule has 0 N–H and O–H groups in total. The highest BCUT2D eigenvalue weighted by Crippen LogP contribution is 2.18. The quantitative estimate of drug-likeness (QED) is 0.713. The number of unbranched alkanes of at least 4 members (excludes halogenated alkanes) is 1. The molecule has 0 saturated carbocycles. The number of carbonyl (C=O) groups is 2. The first kappa shape index (κ1) is 12.2. The molecule has 1 fully saturated rings. The highest BCUT2D eigenvalue weighted by Gasteiger charge is 2.24. The van der Waals surface area contributed by atoms with Crippen molar-refractivity contribution in [1.82, 2.24) is 4.90 Å². The molecule has 1 heterocycles. The number of rotatable bonds is 4. The lowest BCUT2D eigenvalue weighted by molar-refractivity contribution is -0.134. The lowest BCUT2D eigenvalue weighted by Crippen LogP contribution is -2.39. The molecule has 3 nitrogen and oxygen atoms in total. The van der Waals surface area contributed by atoms with Gasteiger partial charge in [-0.1, -0.05) is 13.3 Å². The fraction of sp³-hybridized carbons (Fsp3) is 0.833. The van der Waals surface area contributed by atoms with Crippen LogP contribution < -0.4 is 0 Å². The van der Waals surface area contributed by atoms with Gasteiger partial charge in [0.15, 0.2) is 0 Å². The zero-order valence-electron chi connectivity index (χ0n) is 9.79. The largest absolute Gasteiger partial charge is 0.343 e. The predicted molar refractivity (Wildman–Crippen MR) is 59.5 cm³/mol. The second-order valence-corrected chi connectivity index (χ2v) is 4.37. The molecule has 0 aliphatic carbocycles. The summed E-state index contributed by atoms with van der Waals surface area (Å²) in [6, 6.07) is 0. The summed E-state index contributed by atoms with van der Waals surface area (Å²) in [5, 5.41) is 0. The molecular formula is C12H21NO2. The summed E-state index contributed by atoms with van der Waals surface area (Å²) in [7, 11) is 0. The van der Waals surface area contributed by atoms with Crippen LogP contribution in [0.4, 0.5) is 0 Å². The van der Waals surface area contributed by atoms with E-state index < -0.39 is 0 Å². The van der Waals surface area contributed by atoms with Gasteiger partial charge >= 0.3 is 0 Å². The van der Waals surface area contributed by atoms with Gasteiger partial charge in [-0.25, -0.2) is 0 Å². The maximum Gasteiger partial charge on any atom is 0.222 e. The third kappa shape index (κ3) is 3.65. The lowest BCUT2D eigenvalue weighted by atomic mass is 9.93. The van der Waals surface area contributed by atoms with E-state index in [4.69, 9.17) is 0 Å². The second-order valence-electron chi connectivity index (χ2n) is 4.37. The highest BCUT2D eigenvalue weighted by atomic mass is 16.2. The third-order valence-electron chi connectivity index (χ3n) is 3.17. The zero-order valence-corrected chi connectivity index (χ0v) is 9.79. The van der Waals surface area contributed by atoms with Crippen LogP contribution in [-0.2, 0) is 9.59 Å². The zero-order chi connectivity index (χ0) is 11.3. The number of carbonyl (C=O) groups excluding carboxylic acids is 2. The Kier molecular flexibility index (Phi) is 4.79. The molecule has 0 aromatic rings. The van der Waals surface area contributed by atoms with E-state index in [1.165, 1.54) is 0 Å². The van der Waals surface area contributed by atoms with Crippen molar-refractivity contribution < 1.29 is 9.59 Å². The van der Waals surface area contributed by atoms with E-state index in [1.54, 1.807) is 6.92 Å². The summed E-state index contributed by atoms with van der Waals surface area (Å²) in [6.45, 7) is 5.29. The van der Waals surface area contributed by atoms with Crippen LogP contribution in [0.3, 0.4) is 0 Å². The maximum atomic E-state index is 11.7. The molecule has 1 rings (SSSR count). The van der Waals surface area contributed by atoms with Crippen LogP contribution in [0.5, 0.6) is 0 Å². The first-order chi connectivity index (χ1) is 7.15. The molecular weight excluding hydrogens is 190 g/mol. The highest BCUT2D eigenvalue weighted by molar-refractivity contribution is 5.79. The van der Waals surface area contributed by atoms with Gasteiger partial charge in [-0.05, 0) is 26.2 Å². The van der Waals surface area contributed by atoms with Crippen LogP contribution in [-0.4, -0.2) is 29.7 Å². The van der Waals surface area contributed by atoms with Crippen LogP contribution in [0.1, 0.15) is 46.0 Å². The Morgan fingerprint density at radius 1 is 1.27 bits per heavy atom. The van der Waals surface area contributed by atoms with Crippen LogP contribution in [0.2, 0.25) is 0 Å². The SMILES string of the molecule is CCCCC(=O)N1CCC(C(C)=O)CC1. The van der Waals surface area contributed by atoms with Gasteiger partial charge in [-0.15, -0.1) is 0 Å². The van der Waals surface area contributed by atoms with Crippen molar-refractivity contribution in [3.8, 4) is 0 Å². The molecule has 3 heteroatoms. The number of hydrogen-bond acceptors (Lipinski definition) is 2. The minimum absolute atomic E-state index is 0.195. The van der Waals surface area contributed by atoms with Crippen molar-refractivity contribution in [2.45, 2.75) is 46.0 Å². The molecule has 86 valence electrons. The summed E-state index contributed by atoms with van der Waals surface area (Å²) in [4.78, 5) is 24.7. The van der Waals surface area contributed by atoms with Gasteiger partial charge in [-0.2, -0.15) is 0 Å². The Morgan fingerprint density at radius 2 is 1.87 bits per heavy atom. The Labute approximate surface area is 91.8 Å².